The fraction of sp³-hybridized carbons (Fsp3) is 0.444. The van der Waals surface area contributed by atoms with Gasteiger partial charge in [0.05, 0.1) is 13.5 Å². The van der Waals surface area contributed by atoms with Gasteiger partial charge in [-0.2, -0.15) is 0 Å². The summed E-state index contributed by atoms with van der Waals surface area (Å²) >= 11 is 0. The number of benzene rings is 1. The lowest BCUT2D eigenvalue weighted by atomic mass is 10.1. The number of methoxy groups -OCH3 is 1. The molecule has 7 nitrogen and oxygen atoms in total. The van der Waals surface area contributed by atoms with E-state index >= 15 is 0 Å². The highest BCUT2D eigenvalue weighted by Gasteiger charge is 2.24. The highest BCUT2D eigenvalue weighted by Crippen LogP contribution is 2.24. The predicted octanol–water partition coefficient (Wildman–Crippen LogP) is 1.59. The lowest BCUT2D eigenvalue weighted by Crippen LogP contribution is -2.53. The molecule has 1 aromatic heterocycles. The Balaban J connectivity index is 1.63. The third-order valence-corrected chi connectivity index (χ3v) is 4.56. The number of rotatable bonds is 4. The number of aromatic nitrogens is 1. The van der Waals surface area contributed by atoms with Crippen LogP contribution >= 0.6 is 0 Å². The lowest BCUT2D eigenvalue weighted by Gasteiger charge is -2.34. The van der Waals surface area contributed by atoms with Crippen LogP contribution in [-0.2, 0) is 11.2 Å². The number of piperazine rings is 1. The van der Waals surface area contributed by atoms with Crippen LogP contribution in [0.3, 0.4) is 0 Å². The van der Waals surface area contributed by atoms with Crippen LogP contribution in [0.15, 0.2) is 24.4 Å². The van der Waals surface area contributed by atoms with E-state index in [1.807, 2.05) is 36.2 Å². The molecule has 0 unspecified atom stereocenters. The first-order chi connectivity index (χ1) is 12.1. The molecule has 2 N–H and O–H groups in total. The number of hydrogen-bond acceptors (Lipinski definition) is 3. The van der Waals surface area contributed by atoms with E-state index in [4.69, 9.17) is 4.74 Å². The largest absolute Gasteiger partial charge is 0.497 e. The van der Waals surface area contributed by atoms with Crippen LogP contribution in [0.2, 0.25) is 0 Å². The van der Waals surface area contributed by atoms with Crippen LogP contribution in [0.1, 0.15) is 12.5 Å². The Hall–Kier alpha value is -2.70. The van der Waals surface area contributed by atoms with Crippen molar-refractivity contribution in [3.05, 3.63) is 30.0 Å². The van der Waals surface area contributed by atoms with Crippen LogP contribution in [-0.4, -0.2) is 66.6 Å². The molecule has 3 rings (SSSR count). The summed E-state index contributed by atoms with van der Waals surface area (Å²) in [6, 6.07) is 5.73. The third-order valence-electron chi connectivity index (χ3n) is 4.56. The molecule has 134 valence electrons. The van der Waals surface area contributed by atoms with Crippen molar-refractivity contribution in [2.45, 2.75) is 13.3 Å². The molecule has 0 atom stereocenters. The van der Waals surface area contributed by atoms with E-state index < -0.39 is 0 Å². The quantitative estimate of drug-likeness (QED) is 0.884. The van der Waals surface area contributed by atoms with E-state index in [-0.39, 0.29) is 11.9 Å². The van der Waals surface area contributed by atoms with Crippen molar-refractivity contribution >= 4 is 22.8 Å². The molecule has 1 aliphatic heterocycles. The summed E-state index contributed by atoms with van der Waals surface area (Å²) in [5.74, 6) is 0.857. The molecule has 2 aromatic rings. The number of carbonyl (C=O) groups excluding carboxylic acids is 2. The maximum Gasteiger partial charge on any atom is 0.317 e. The van der Waals surface area contributed by atoms with E-state index in [0.717, 1.165) is 22.2 Å². The average Bonchev–Trinajstić information content (AvgIpc) is 3.04. The van der Waals surface area contributed by atoms with Crippen LogP contribution in [0.5, 0.6) is 5.75 Å². The van der Waals surface area contributed by atoms with Gasteiger partial charge in [-0.1, -0.05) is 0 Å². The van der Waals surface area contributed by atoms with Gasteiger partial charge in [0, 0.05) is 49.8 Å². The lowest BCUT2D eigenvalue weighted by molar-refractivity contribution is -0.131. The minimum atomic E-state index is -0.0571. The zero-order chi connectivity index (χ0) is 17.8. The molecule has 25 heavy (non-hydrogen) atoms. The van der Waals surface area contributed by atoms with Crippen molar-refractivity contribution in [3.8, 4) is 5.75 Å². The Bertz CT molecular complexity index is 763. The minimum absolute atomic E-state index is 0.0571. The first-order valence-corrected chi connectivity index (χ1v) is 8.57. The van der Waals surface area contributed by atoms with Gasteiger partial charge in [0.15, 0.2) is 0 Å². The second kappa shape index (κ2) is 7.46. The van der Waals surface area contributed by atoms with Crippen LogP contribution in [0.4, 0.5) is 4.79 Å². The topological polar surface area (TPSA) is 77.7 Å². The zero-order valence-corrected chi connectivity index (χ0v) is 14.7. The van der Waals surface area contributed by atoms with Gasteiger partial charge in [0.2, 0.25) is 5.91 Å². The number of carbonyl (C=O) groups is 2. The second-order valence-electron chi connectivity index (χ2n) is 6.11. The van der Waals surface area contributed by atoms with Gasteiger partial charge >= 0.3 is 6.03 Å². The summed E-state index contributed by atoms with van der Waals surface area (Å²) in [4.78, 5) is 31.2. The number of nitrogens with zero attached hydrogens (tertiary/aromatic N) is 2. The van der Waals surface area contributed by atoms with Gasteiger partial charge in [0.25, 0.3) is 0 Å². The van der Waals surface area contributed by atoms with Crippen molar-refractivity contribution in [2.24, 2.45) is 0 Å². The molecule has 0 spiro atoms. The fourth-order valence-corrected chi connectivity index (χ4v) is 3.13. The maximum atomic E-state index is 12.6. The molecular formula is C18H24N4O3. The highest BCUT2D eigenvalue weighted by molar-refractivity contribution is 5.90. The molecule has 0 radical (unpaired) electrons. The van der Waals surface area contributed by atoms with Crippen LogP contribution in [0.25, 0.3) is 10.9 Å². The molecule has 7 heteroatoms. The summed E-state index contributed by atoms with van der Waals surface area (Å²) in [5, 5.41) is 3.80. The minimum Gasteiger partial charge on any atom is -0.497 e. The SMILES string of the molecule is CCNC(=O)N1CCN(C(=O)Cc2c[nH]c3ccc(OC)cc23)CC1. The van der Waals surface area contributed by atoms with Gasteiger partial charge in [-0.15, -0.1) is 0 Å². The Kier molecular flexibility index (Phi) is 5.11. The molecule has 0 saturated carbocycles. The highest BCUT2D eigenvalue weighted by atomic mass is 16.5. The Morgan fingerprint density at radius 2 is 1.92 bits per heavy atom. The molecule has 1 saturated heterocycles. The first-order valence-electron chi connectivity index (χ1n) is 8.57. The monoisotopic (exact) mass is 344 g/mol. The summed E-state index contributed by atoms with van der Waals surface area (Å²) < 4.78 is 5.27. The maximum absolute atomic E-state index is 12.6. The van der Waals surface area contributed by atoms with E-state index in [2.05, 4.69) is 10.3 Å². The molecule has 1 aliphatic rings. The summed E-state index contributed by atoms with van der Waals surface area (Å²) in [6.07, 6.45) is 2.22. The van der Waals surface area contributed by atoms with Crippen molar-refractivity contribution in [3.63, 3.8) is 0 Å². The van der Waals surface area contributed by atoms with E-state index in [9.17, 15) is 9.59 Å². The number of hydrogen-bond donors (Lipinski definition) is 2. The van der Waals surface area contributed by atoms with Crippen molar-refractivity contribution in [1.82, 2.24) is 20.1 Å². The molecule has 0 bridgehead atoms. The molecule has 3 amide bonds. The van der Waals surface area contributed by atoms with Crippen molar-refractivity contribution in [1.29, 1.82) is 0 Å². The molecular weight excluding hydrogens is 320 g/mol. The van der Waals surface area contributed by atoms with Crippen molar-refractivity contribution < 1.29 is 14.3 Å². The number of nitrogens with one attached hydrogen (secondary N) is 2. The Morgan fingerprint density at radius 3 is 2.60 bits per heavy atom. The number of ether oxygens (including phenoxy) is 1. The van der Waals surface area contributed by atoms with Gasteiger partial charge in [-0.3, -0.25) is 4.79 Å². The number of urea groups is 1. The van der Waals surface area contributed by atoms with E-state index in [0.29, 0.717) is 39.1 Å². The Labute approximate surface area is 146 Å². The zero-order valence-electron chi connectivity index (χ0n) is 14.7. The molecule has 1 aromatic carbocycles. The summed E-state index contributed by atoms with van der Waals surface area (Å²) in [7, 11) is 1.63. The van der Waals surface area contributed by atoms with Crippen LogP contribution in [0, 0.1) is 0 Å². The molecule has 2 heterocycles. The summed E-state index contributed by atoms with van der Waals surface area (Å²) in [5.41, 5.74) is 1.95. The van der Waals surface area contributed by atoms with Gasteiger partial charge in [0.1, 0.15) is 5.75 Å². The number of fused-ring (bicyclic) bond motifs is 1. The number of H-pyrrole nitrogens is 1. The van der Waals surface area contributed by atoms with Gasteiger partial charge in [-0.05, 0) is 30.7 Å². The average molecular weight is 344 g/mol. The predicted molar refractivity (Wildman–Crippen MR) is 95.8 cm³/mol. The first kappa shape index (κ1) is 17.1. The smallest absolute Gasteiger partial charge is 0.317 e. The van der Waals surface area contributed by atoms with Gasteiger partial charge < -0.3 is 24.8 Å². The number of aromatic amines is 1. The number of amides is 3. The normalized spacial score (nSPS) is 14.6. The molecule has 0 aliphatic carbocycles. The van der Waals surface area contributed by atoms with Crippen LogP contribution < -0.4 is 10.1 Å². The van der Waals surface area contributed by atoms with E-state index in [1.165, 1.54) is 0 Å². The summed E-state index contributed by atoms with van der Waals surface area (Å²) in [6.45, 7) is 4.79. The third kappa shape index (κ3) is 3.70. The van der Waals surface area contributed by atoms with E-state index in [1.54, 1.807) is 12.0 Å². The second-order valence-corrected chi connectivity index (χ2v) is 6.11. The Morgan fingerprint density at radius 1 is 1.20 bits per heavy atom. The molecule has 1 fully saturated rings. The van der Waals surface area contributed by atoms with Crippen molar-refractivity contribution in [2.75, 3.05) is 39.8 Å². The standard InChI is InChI=1S/C18H24N4O3/c1-3-19-18(24)22-8-6-21(7-9-22)17(23)10-13-12-20-16-5-4-14(25-2)11-15(13)16/h4-5,11-12,20H,3,6-10H2,1-2H3,(H,19,24). The fourth-order valence-electron chi connectivity index (χ4n) is 3.13. The van der Waals surface area contributed by atoms with Gasteiger partial charge in [-0.25, -0.2) is 4.79 Å².